The molecule has 1 saturated carbocycles. The fraction of sp³-hybridized carbons (Fsp3) is 0.867. The van der Waals surface area contributed by atoms with Gasteiger partial charge in [0.05, 0.1) is 0 Å². The molecule has 3 unspecified atom stereocenters. The van der Waals surface area contributed by atoms with Gasteiger partial charge in [-0.05, 0) is 49.9 Å². The van der Waals surface area contributed by atoms with Gasteiger partial charge >= 0.3 is 0 Å². The fourth-order valence-electron chi connectivity index (χ4n) is 3.71. The van der Waals surface area contributed by atoms with Crippen molar-refractivity contribution in [2.45, 2.75) is 58.8 Å². The molecule has 3 atom stereocenters. The lowest BCUT2D eigenvalue weighted by molar-refractivity contribution is 0.323. The molecule has 104 valence electrons. The number of allylic oxidation sites excluding steroid dienone is 2. The van der Waals surface area contributed by atoms with Crippen molar-refractivity contribution in [2.24, 2.45) is 29.3 Å². The van der Waals surface area contributed by atoms with Crippen molar-refractivity contribution < 1.29 is 0 Å². The van der Waals surface area contributed by atoms with Crippen LogP contribution in [0.4, 0.5) is 0 Å². The number of unbranched alkanes of at least 4 members (excludes halogenated alkanes) is 1. The Morgan fingerprint density at radius 2 is 1.83 bits per heavy atom. The molecule has 2 aliphatic carbocycles. The molecule has 4 N–H and O–H groups in total. The van der Waals surface area contributed by atoms with Crippen LogP contribution in [0.2, 0.25) is 0 Å². The van der Waals surface area contributed by atoms with Gasteiger partial charge in [0, 0.05) is 17.9 Å². The van der Waals surface area contributed by atoms with Gasteiger partial charge in [-0.1, -0.05) is 26.7 Å². The summed E-state index contributed by atoms with van der Waals surface area (Å²) in [5, 5.41) is 1.92. The van der Waals surface area contributed by atoms with Crippen molar-refractivity contribution >= 4 is 0 Å². The first-order chi connectivity index (χ1) is 8.69. The van der Waals surface area contributed by atoms with Gasteiger partial charge in [-0.3, -0.25) is 0 Å². The maximum absolute atomic E-state index is 6.25. The molecule has 0 aromatic carbocycles. The first-order valence-corrected chi connectivity index (χ1v) is 7.68. The van der Waals surface area contributed by atoms with Crippen LogP contribution < -0.4 is 11.6 Å². The van der Waals surface area contributed by atoms with Crippen LogP contribution in [0.5, 0.6) is 0 Å². The number of fused-ring (bicyclic) bond motifs is 1. The van der Waals surface area contributed by atoms with Crippen LogP contribution in [0.3, 0.4) is 0 Å². The summed E-state index contributed by atoms with van der Waals surface area (Å²) in [7, 11) is 0. The van der Waals surface area contributed by atoms with Gasteiger partial charge < -0.3 is 10.7 Å². The second-order valence-corrected chi connectivity index (χ2v) is 6.00. The van der Waals surface area contributed by atoms with Gasteiger partial charge in [0.1, 0.15) is 0 Å². The number of rotatable bonds is 5. The zero-order valence-corrected chi connectivity index (χ0v) is 12.0. The second kappa shape index (κ2) is 5.96. The lowest BCUT2D eigenvalue weighted by Crippen LogP contribution is -2.33. The molecular weight excluding hydrogens is 222 g/mol. The SMILES string of the molecule is CCCCN(N)/C1=C(\N)CCC2C(CC)C2CC1. The summed E-state index contributed by atoms with van der Waals surface area (Å²) in [6.45, 7) is 5.46. The first kappa shape index (κ1) is 13.7. The Balaban J connectivity index is 1.95. The van der Waals surface area contributed by atoms with Gasteiger partial charge in [-0.2, -0.15) is 0 Å². The van der Waals surface area contributed by atoms with E-state index < -0.39 is 0 Å². The highest BCUT2D eigenvalue weighted by atomic mass is 15.4. The van der Waals surface area contributed by atoms with E-state index >= 15 is 0 Å². The molecular formula is C15H29N3. The monoisotopic (exact) mass is 251 g/mol. The van der Waals surface area contributed by atoms with E-state index in [4.69, 9.17) is 11.6 Å². The first-order valence-electron chi connectivity index (χ1n) is 7.68. The van der Waals surface area contributed by atoms with Crippen molar-refractivity contribution in [3.8, 4) is 0 Å². The van der Waals surface area contributed by atoms with Crippen molar-refractivity contribution in [1.82, 2.24) is 5.01 Å². The zero-order valence-electron chi connectivity index (χ0n) is 12.0. The molecule has 2 aliphatic rings. The van der Waals surface area contributed by atoms with Crippen molar-refractivity contribution in [3.05, 3.63) is 11.4 Å². The third kappa shape index (κ3) is 2.82. The Kier molecular flexibility index (Phi) is 4.55. The van der Waals surface area contributed by atoms with Crippen LogP contribution >= 0.6 is 0 Å². The standard InChI is InChI=1S/C15H29N3/c1-3-5-10-18(17)15-9-7-13-11(4-2)12(13)6-8-14(15)16/h11-13H,3-10,16-17H2,1-2H3/b15-14-. The van der Waals surface area contributed by atoms with Crippen LogP contribution in [0.15, 0.2) is 11.4 Å². The van der Waals surface area contributed by atoms with Gasteiger partial charge in [-0.25, -0.2) is 5.84 Å². The molecule has 3 heteroatoms. The second-order valence-electron chi connectivity index (χ2n) is 6.00. The number of nitrogens with two attached hydrogens (primary N) is 2. The Morgan fingerprint density at radius 1 is 1.17 bits per heavy atom. The van der Waals surface area contributed by atoms with Crippen LogP contribution in [0.1, 0.15) is 58.8 Å². The highest BCUT2D eigenvalue weighted by Gasteiger charge is 2.47. The molecule has 0 spiro atoms. The lowest BCUT2D eigenvalue weighted by Gasteiger charge is -2.25. The van der Waals surface area contributed by atoms with Crippen LogP contribution in [0.25, 0.3) is 0 Å². The van der Waals surface area contributed by atoms with E-state index in [-0.39, 0.29) is 0 Å². The minimum Gasteiger partial charge on any atom is -0.401 e. The number of hydrazine groups is 1. The van der Waals surface area contributed by atoms with E-state index in [1.54, 1.807) is 0 Å². The normalized spacial score (nSPS) is 35.6. The van der Waals surface area contributed by atoms with Gasteiger partial charge in [0.25, 0.3) is 0 Å². The molecule has 0 heterocycles. The highest BCUT2D eigenvalue weighted by molar-refractivity contribution is 5.14. The Bertz CT molecular complexity index is 311. The topological polar surface area (TPSA) is 55.3 Å². The zero-order chi connectivity index (χ0) is 13.1. The van der Waals surface area contributed by atoms with Crippen LogP contribution in [0, 0.1) is 17.8 Å². The minimum absolute atomic E-state index is 0.942. The maximum atomic E-state index is 6.25. The predicted octanol–water partition coefficient (Wildman–Crippen LogP) is 2.98. The van der Waals surface area contributed by atoms with Crippen molar-refractivity contribution in [2.75, 3.05) is 6.54 Å². The number of hydrogen-bond acceptors (Lipinski definition) is 3. The molecule has 0 bridgehead atoms. The minimum atomic E-state index is 0.942. The van der Waals surface area contributed by atoms with E-state index in [0.717, 1.165) is 49.3 Å². The molecule has 2 rings (SSSR count). The Hall–Kier alpha value is -0.700. The molecule has 0 aromatic heterocycles. The van der Waals surface area contributed by atoms with E-state index in [9.17, 15) is 0 Å². The fourth-order valence-corrected chi connectivity index (χ4v) is 3.71. The third-order valence-corrected chi connectivity index (χ3v) is 4.91. The summed E-state index contributed by atoms with van der Waals surface area (Å²) in [4.78, 5) is 0. The molecule has 0 radical (unpaired) electrons. The molecule has 1 fully saturated rings. The Morgan fingerprint density at radius 3 is 2.44 bits per heavy atom. The van der Waals surface area contributed by atoms with E-state index in [2.05, 4.69) is 13.8 Å². The summed E-state index contributed by atoms with van der Waals surface area (Å²) in [5.74, 6) is 9.05. The van der Waals surface area contributed by atoms with Gasteiger partial charge in [0.2, 0.25) is 0 Å². The van der Waals surface area contributed by atoms with E-state index in [1.807, 2.05) is 5.01 Å². The smallest absolute Gasteiger partial charge is 0.0478 e. The summed E-state index contributed by atoms with van der Waals surface area (Å²) in [5.41, 5.74) is 8.52. The summed E-state index contributed by atoms with van der Waals surface area (Å²) < 4.78 is 0. The predicted molar refractivity (Wildman–Crippen MR) is 76.2 cm³/mol. The van der Waals surface area contributed by atoms with Gasteiger partial charge in [0.15, 0.2) is 0 Å². The molecule has 3 nitrogen and oxygen atoms in total. The molecule has 0 amide bonds. The largest absolute Gasteiger partial charge is 0.401 e. The molecule has 18 heavy (non-hydrogen) atoms. The van der Waals surface area contributed by atoms with Gasteiger partial charge in [-0.15, -0.1) is 0 Å². The van der Waals surface area contributed by atoms with E-state index in [0.29, 0.717) is 0 Å². The summed E-state index contributed by atoms with van der Waals surface area (Å²) in [6, 6.07) is 0. The average Bonchev–Trinajstić information content (AvgIpc) is 3.03. The number of nitrogens with zero attached hydrogens (tertiary/aromatic N) is 1. The summed E-state index contributed by atoms with van der Waals surface area (Å²) >= 11 is 0. The van der Waals surface area contributed by atoms with Crippen molar-refractivity contribution in [3.63, 3.8) is 0 Å². The van der Waals surface area contributed by atoms with Crippen LogP contribution in [-0.4, -0.2) is 11.6 Å². The molecule has 0 aromatic rings. The number of hydrogen-bond donors (Lipinski definition) is 2. The molecule has 0 aliphatic heterocycles. The Labute approximate surface area is 112 Å². The average molecular weight is 251 g/mol. The third-order valence-electron chi connectivity index (χ3n) is 4.91. The lowest BCUT2D eigenvalue weighted by atomic mass is 10.0. The van der Waals surface area contributed by atoms with E-state index in [1.165, 1.54) is 31.4 Å². The van der Waals surface area contributed by atoms with Crippen LogP contribution in [-0.2, 0) is 0 Å². The quantitative estimate of drug-likeness (QED) is 0.583. The molecule has 0 saturated heterocycles. The summed E-state index contributed by atoms with van der Waals surface area (Å²) in [6.07, 6.45) is 8.38. The van der Waals surface area contributed by atoms with Crippen molar-refractivity contribution in [1.29, 1.82) is 0 Å². The maximum Gasteiger partial charge on any atom is 0.0478 e. The highest BCUT2D eigenvalue weighted by Crippen LogP contribution is 2.55.